The lowest BCUT2D eigenvalue weighted by molar-refractivity contribution is 0.339. The van der Waals surface area contributed by atoms with E-state index in [1.165, 1.54) is 4.68 Å². The second kappa shape index (κ2) is 4.80. The molecule has 0 spiro atoms. The molecule has 0 aromatic carbocycles. The fourth-order valence-corrected chi connectivity index (χ4v) is 5.48. The third-order valence-electron chi connectivity index (χ3n) is 3.89. The number of hydrogen-bond acceptors (Lipinski definition) is 5. The minimum atomic E-state index is -3.53. The van der Waals surface area contributed by atoms with Gasteiger partial charge in [0.1, 0.15) is 0 Å². The topological polar surface area (TPSA) is 80.1 Å². The lowest BCUT2D eigenvalue weighted by Crippen LogP contribution is -2.41. The van der Waals surface area contributed by atoms with Crippen molar-refractivity contribution in [1.29, 1.82) is 0 Å². The van der Waals surface area contributed by atoms with Crippen LogP contribution in [0.15, 0.2) is 9.63 Å². The van der Waals surface area contributed by atoms with Gasteiger partial charge in [0.2, 0.25) is 5.03 Å². The molecule has 0 bridgehead atoms. The van der Waals surface area contributed by atoms with Crippen LogP contribution in [0.5, 0.6) is 0 Å². The molecule has 0 amide bonds. The first-order valence-electron chi connectivity index (χ1n) is 6.29. The summed E-state index contributed by atoms with van der Waals surface area (Å²) in [5.41, 5.74) is 0. The van der Waals surface area contributed by atoms with E-state index in [-0.39, 0.29) is 15.7 Å². The Balaban J connectivity index is 1.90. The fraction of sp³-hybridized carbons (Fsp3) is 0.800. The maximum Gasteiger partial charge on any atom is 0.263 e. The maximum absolute atomic E-state index is 12.6. The quantitative estimate of drug-likeness (QED) is 0.809. The van der Waals surface area contributed by atoms with Crippen LogP contribution < -0.4 is 5.32 Å². The molecule has 2 atom stereocenters. The second-order valence-electron chi connectivity index (χ2n) is 5.09. The molecule has 106 valence electrons. The van der Waals surface area contributed by atoms with Gasteiger partial charge in [0.15, 0.2) is 4.60 Å². The highest BCUT2D eigenvalue weighted by molar-refractivity contribution is 9.10. The summed E-state index contributed by atoms with van der Waals surface area (Å²) in [5.74, 6) is 0.420. The summed E-state index contributed by atoms with van der Waals surface area (Å²) < 4.78 is 28.4. The van der Waals surface area contributed by atoms with E-state index in [0.29, 0.717) is 19.0 Å². The van der Waals surface area contributed by atoms with Gasteiger partial charge in [0.25, 0.3) is 10.0 Å². The van der Waals surface area contributed by atoms with Crippen LogP contribution in [-0.2, 0) is 17.1 Å². The largest absolute Gasteiger partial charge is 0.312 e. The van der Waals surface area contributed by atoms with E-state index in [9.17, 15) is 8.42 Å². The average molecular weight is 350 g/mol. The Morgan fingerprint density at radius 2 is 2.21 bits per heavy atom. The van der Waals surface area contributed by atoms with Crippen LogP contribution in [0.1, 0.15) is 12.8 Å². The van der Waals surface area contributed by atoms with Gasteiger partial charge in [-0.2, -0.15) is 4.31 Å². The molecule has 2 fully saturated rings. The number of piperidine rings is 1. The number of fused-ring (bicyclic) bond motifs is 1. The summed E-state index contributed by atoms with van der Waals surface area (Å²) >= 11 is 3.16. The zero-order valence-electron chi connectivity index (χ0n) is 10.6. The van der Waals surface area contributed by atoms with Gasteiger partial charge in [-0.05, 0) is 41.2 Å². The molecule has 2 aliphatic heterocycles. The molecule has 3 rings (SSSR count). The van der Waals surface area contributed by atoms with Crippen LogP contribution in [0.4, 0.5) is 0 Å². The number of aromatic nitrogens is 3. The van der Waals surface area contributed by atoms with E-state index in [2.05, 4.69) is 31.6 Å². The summed E-state index contributed by atoms with van der Waals surface area (Å²) in [6.45, 7) is 2.09. The van der Waals surface area contributed by atoms with Gasteiger partial charge in [-0.25, -0.2) is 13.1 Å². The molecule has 1 aromatic rings. The number of halogens is 1. The van der Waals surface area contributed by atoms with Crippen molar-refractivity contribution in [3.05, 3.63) is 4.60 Å². The fourth-order valence-electron chi connectivity index (χ4n) is 2.92. The van der Waals surface area contributed by atoms with E-state index in [0.717, 1.165) is 19.4 Å². The second-order valence-corrected chi connectivity index (χ2v) is 7.70. The lowest BCUT2D eigenvalue weighted by Gasteiger charge is -2.24. The molecule has 19 heavy (non-hydrogen) atoms. The van der Waals surface area contributed by atoms with Crippen molar-refractivity contribution in [2.75, 3.05) is 19.6 Å². The number of nitrogens with one attached hydrogen (secondary N) is 1. The van der Waals surface area contributed by atoms with Crippen molar-refractivity contribution in [3.63, 3.8) is 0 Å². The molecular weight excluding hydrogens is 334 g/mol. The molecule has 7 nitrogen and oxygen atoms in total. The minimum absolute atomic E-state index is 0.131. The molecular formula is C10H16BrN5O2S. The predicted molar refractivity (Wildman–Crippen MR) is 72.0 cm³/mol. The van der Waals surface area contributed by atoms with Gasteiger partial charge in [-0.15, -0.1) is 5.10 Å². The third-order valence-corrected chi connectivity index (χ3v) is 6.61. The SMILES string of the molecule is Cn1nnc(Br)c1S(=O)(=O)N1CC2CCCNC2C1. The lowest BCUT2D eigenvalue weighted by atomic mass is 9.94. The number of hydrogen-bond donors (Lipinski definition) is 1. The van der Waals surface area contributed by atoms with Gasteiger partial charge in [0.05, 0.1) is 0 Å². The Morgan fingerprint density at radius 3 is 2.84 bits per heavy atom. The smallest absolute Gasteiger partial charge is 0.263 e. The number of aryl methyl sites for hydroxylation is 1. The van der Waals surface area contributed by atoms with Crippen LogP contribution in [0.25, 0.3) is 0 Å². The molecule has 3 heterocycles. The molecule has 0 radical (unpaired) electrons. The molecule has 2 unspecified atom stereocenters. The van der Waals surface area contributed by atoms with E-state index >= 15 is 0 Å². The Morgan fingerprint density at radius 1 is 1.42 bits per heavy atom. The predicted octanol–water partition coefficient (Wildman–Crippen LogP) is -0.0499. The van der Waals surface area contributed by atoms with E-state index in [1.807, 2.05) is 0 Å². The first-order chi connectivity index (χ1) is 9.00. The van der Waals surface area contributed by atoms with Gasteiger partial charge >= 0.3 is 0 Å². The highest BCUT2D eigenvalue weighted by atomic mass is 79.9. The Bertz CT molecular complexity index is 553. The van der Waals surface area contributed by atoms with Crippen molar-refractivity contribution in [1.82, 2.24) is 24.6 Å². The minimum Gasteiger partial charge on any atom is -0.312 e. The first-order valence-corrected chi connectivity index (χ1v) is 8.52. The standard InChI is InChI=1S/C10H16BrN5O2S/c1-15-10(9(11)13-14-15)19(17,18)16-5-7-3-2-4-12-8(7)6-16/h7-8,12H,2-6H2,1H3. The van der Waals surface area contributed by atoms with Gasteiger partial charge < -0.3 is 5.32 Å². The molecule has 0 saturated carbocycles. The Labute approximate surface area is 120 Å². The van der Waals surface area contributed by atoms with Gasteiger partial charge in [-0.3, -0.25) is 0 Å². The van der Waals surface area contributed by atoms with Gasteiger partial charge in [-0.1, -0.05) is 5.21 Å². The summed E-state index contributed by atoms with van der Waals surface area (Å²) in [7, 11) is -1.94. The number of sulfonamides is 1. The zero-order valence-corrected chi connectivity index (χ0v) is 13.0. The molecule has 2 aliphatic rings. The first kappa shape index (κ1) is 13.5. The number of nitrogens with zero attached hydrogens (tertiary/aromatic N) is 4. The van der Waals surface area contributed by atoms with Crippen molar-refractivity contribution in [2.24, 2.45) is 13.0 Å². The summed E-state index contributed by atoms with van der Waals surface area (Å²) in [5, 5.41) is 11.0. The molecule has 2 saturated heterocycles. The molecule has 1 N–H and O–H groups in total. The summed E-state index contributed by atoms with van der Waals surface area (Å²) in [4.78, 5) is 0. The van der Waals surface area contributed by atoms with Crippen LogP contribution in [-0.4, -0.2) is 53.4 Å². The monoisotopic (exact) mass is 349 g/mol. The van der Waals surface area contributed by atoms with Crippen LogP contribution in [0.2, 0.25) is 0 Å². The van der Waals surface area contributed by atoms with Gasteiger partial charge in [0, 0.05) is 26.2 Å². The van der Waals surface area contributed by atoms with E-state index in [1.54, 1.807) is 11.4 Å². The van der Waals surface area contributed by atoms with Crippen LogP contribution in [0, 0.1) is 5.92 Å². The zero-order chi connectivity index (χ0) is 13.6. The van der Waals surface area contributed by atoms with Crippen LogP contribution >= 0.6 is 15.9 Å². The van der Waals surface area contributed by atoms with Crippen molar-refractivity contribution in [3.8, 4) is 0 Å². The molecule has 0 aliphatic carbocycles. The number of rotatable bonds is 2. The molecule has 1 aromatic heterocycles. The normalized spacial score (nSPS) is 28.5. The molecule has 9 heteroatoms. The average Bonchev–Trinajstić information content (AvgIpc) is 2.93. The highest BCUT2D eigenvalue weighted by Gasteiger charge is 2.42. The van der Waals surface area contributed by atoms with E-state index in [4.69, 9.17) is 0 Å². The Hall–Kier alpha value is -0.510. The summed E-state index contributed by atoms with van der Waals surface area (Å²) in [6, 6.07) is 0.281. The summed E-state index contributed by atoms with van der Waals surface area (Å²) in [6.07, 6.45) is 2.21. The van der Waals surface area contributed by atoms with Crippen molar-refractivity contribution < 1.29 is 8.42 Å². The third kappa shape index (κ3) is 2.22. The van der Waals surface area contributed by atoms with Crippen molar-refractivity contribution >= 4 is 26.0 Å². The van der Waals surface area contributed by atoms with E-state index < -0.39 is 10.0 Å². The Kier molecular flexibility index (Phi) is 3.40. The highest BCUT2D eigenvalue weighted by Crippen LogP contribution is 2.30. The van der Waals surface area contributed by atoms with Crippen molar-refractivity contribution in [2.45, 2.75) is 23.9 Å². The van der Waals surface area contributed by atoms with Crippen LogP contribution in [0.3, 0.4) is 0 Å². The maximum atomic E-state index is 12.6.